The molecule has 0 saturated carbocycles. The molecule has 0 saturated heterocycles. The van der Waals surface area contributed by atoms with Crippen molar-refractivity contribution in [1.29, 1.82) is 0 Å². The van der Waals surface area contributed by atoms with E-state index in [9.17, 15) is 0 Å². The van der Waals surface area contributed by atoms with E-state index in [1.807, 2.05) is 48.5 Å². The van der Waals surface area contributed by atoms with Crippen molar-refractivity contribution < 1.29 is 4.52 Å². The second kappa shape index (κ2) is 5.13. The minimum absolute atomic E-state index is 0.337. The Balaban J connectivity index is 2.17. The van der Waals surface area contributed by atoms with Gasteiger partial charge in [0.15, 0.2) is 0 Å². The summed E-state index contributed by atoms with van der Waals surface area (Å²) in [5, 5.41) is 4.11. The largest absolute Gasteiger partial charge is 0.367 e. The van der Waals surface area contributed by atoms with E-state index in [0.29, 0.717) is 5.88 Å². The highest BCUT2D eigenvalue weighted by atomic mass is 79.9. The molecule has 0 aliphatic heterocycles. The van der Waals surface area contributed by atoms with Gasteiger partial charge in [0.2, 0.25) is 5.88 Å². The summed E-state index contributed by atoms with van der Waals surface area (Å²) in [6.07, 6.45) is 0. The average molecular weight is 329 g/mol. The molecule has 0 fully saturated rings. The number of hydrogen-bond acceptors (Lipinski definition) is 3. The molecule has 2 N–H and O–H groups in total. The molecule has 3 aromatic rings. The number of aromatic nitrogens is 1. The maximum Gasteiger partial charge on any atom is 0.230 e. The van der Waals surface area contributed by atoms with Crippen molar-refractivity contribution in [1.82, 2.24) is 5.16 Å². The van der Waals surface area contributed by atoms with Crippen LogP contribution in [0.5, 0.6) is 0 Å². The zero-order valence-electron chi connectivity index (χ0n) is 10.9. The summed E-state index contributed by atoms with van der Waals surface area (Å²) in [6.45, 7) is 2.05. The number of rotatable bonds is 2. The van der Waals surface area contributed by atoms with Crippen molar-refractivity contribution in [2.24, 2.45) is 0 Å². The van der Waals surface area contributed by atoms with Crippen molar-refractivity contribution in [3.63, 3.8) is 0 Å². The van der Waals surface area contributed by atoms with E-state index in [0.717, 1.165) is 26.9 Å². The van der Waals surface area contributed by atoms with Gasteiger partial charge in [0.1, 0.15) is 5.69 Å². The number of halogens is 1. The topological polar surface area (TPSA) is 52.0 Å². The van der Waals surface area contributed by atoms with Crippen LogP contribution in [0.3, 0.4) is 0 Å². The minimum Gasteiger partial charge on any atom is -0.367 e. The summed E-state index contributed by atoms with van der Waals surface area (Å²) >= 11 is 3.47. The van der Waals surface area contributed by atoms with Gasteiger partial charge in [0.25, 0.3) is 0 Å². The van der Waals surface area contributed by atoms with Crippen LogP contribution in [-0.4, -0.2) is 5.16 Å². The van der Waals surface area contributed by atoms with Crippen molar-refractivity contribution in [3.05, 3.63) is 58.6 Å². The Morgan fingerprint density at radius 3 is 2.50 bits per heavy atom. The van der Waals surface area contributed by atoms with Crippen molar-refractivity contribution in [2.45, 2.75) is 6.92 Å². The van der Waals surface area contributed by atoms with Gasteiger partial charge in [-0.15, -0.1) is 0 Å². The Morgan fingerprint density at radius 1 is 1.05 bits per heavy atom. The number of benzene rings is 2. The number of nitrogen functional groups attached to an aromatic ring is 1. The molecular formula is C16H13BrN2O. The first-order valence-corrected chi connectivity index (χ1v) is 7.02. The van der Waals surface area contributed by atoms with E-state index < -0.39 is 0 Å². The third kappa shape index (κ3) is 2.34. The fraction of sp³-hybridized carbons (Fsp3) is 0.0625. The lowest BCUT2D eigenvalue weighted by Gasteiger charge is -2.04. The summed E-state index contributed by atoms with van der Waals surface area (Å²) in [5.74, 6) is 0.337. The third-order valence-electron chi connectivity index (χ3n) is 3.16. The highest BCUT2D eigenvalue weighted by molar-refractivity contribution is 9.10. The zero-order valence-corrected chi connectivity index (χ0v) is 12.5. The van der Waals surface area contributed by atoms with Crippen molar-refractivity contribution >= 4 is 21.8 Å². The first-order valence-electron chi connectivity index (χ1n) is 6.23. The second-order valence-corrected chi connectivity index (χ2v) is 5.56. The first-order chi connectivity index (χ1) is 9.65. The van der Waals surface area contributed by atoms with Gasteiger partial charge in [-0.25, -0.2) is 0 Å². The fourth-order valence-corrected chi connectivity index (χ4v) is 2.53. The summed E-state index contributed by atoms with van der Waals surface area (Å²) in [4.78, 5) is 0. The minimum atomic E-state index is 0.337. The van der Waals surface area contributed by atoms with Crippen LogP contribution in [0.4, 0.5) is 5.88 Å². The predicted octanol–water partition coefficient (Wildman–Crippen LogP) is 4.66. The molecule has 0 amide bonds. The molecule has 0 bridgehead atoms. The molecule has 0 spiro atoms. The van der Waals surface area contributed by atoms with Crippen molar-refractivity contribution in [3.8, 4) is 22.4 Å². The van der Waals surface area contributed by atoms with Gasteiger partial charge >= 0.3 is 0 Å². The van der Waals surface area contributed by atoms with Crippen LogP contribution in [0.25, 0.3) is 22.4 Å². The Labute approximate surface area is 125 Å². The third-order valence-corrected chi connectivity index (χ3v) is 3.65. The van der Waals surface area contributed by atoms with Gasteiger partial charge in [0, 0.05) is 10.0 Å². The SMILES string of the molecule is Cc1ccc(-c2c(-c3cccc(Br)c3)noc2N)cc1. The quantitative estimate of drug-likeness (QED) is 0.744. The van der Waals surface area contributed by atoms with Gasteiger partial charge in [-0.1, -0.05) is 63.0 Å². The van der Waals surface area contributed by atoms with E-state index >= 15 is 0 Å². The van der Waals surface area contributed by atoms with Crippen LogP contribution in [0.1, 0.15) is 5.56 Å². The van der Waals surface area contributed by atoms with Crippen LogP contribution in [0.15, 0.2) is 57.5 Å². The molecule has 0 atom stereocenters. The van der Waals surface area contributed by atoms with E-state index in [-0.39, 0.29) is 0 Å². The normalized spacial score (nSPS) is 10.7. The van der Waals surface area contributed by atoms with E-state index in [4.69, 9.17) is 10.3 Å². The van der Waals surface area contributed by atoms with Gasteiger partial charge in [-0.3, -0.25) is 0 Å². The maximum atomic E-state index is 5.95. The fourth-order valence-electron chi connectivity index (χ4n) is 2.13. The number of hydrogen-bond donors (Lipinski definition) is 1. The molecule has 100 valence electrons. The zero-order chi connectivity index (χ0) is 14.1. The number of anilines is 1. The van der Waals surface area contributed by atoms with Gasteiger partial charge in [0.05, 0.1) is 5.56 Å². The summed E-state index contributed by atoms with van der Waals surface area (Å²) < 4.78 is 6.18. The lowest BCUT2D eigenvalue weighted by molar-refractivity contribution is 0.439. The Hall–Kier alpha value is -2.07. The summed E-state index contributed by atoms with van der Waals surface area (Å²) in [6, 6.07) is 16.1. The second-order valence-electron chi connectivity index (χ2n) is 4.65. The Morgan fingerprint density at radius 2 is 1.80 bits per heavy atom. The highest BCUT2D eigenvalue weighted by Crippen LogP contribution is 2.36. The molecule has 0 radical (unpaired) electrons. The lowest BCUT2D eigenvalue weighted by Crippen LogP contribution is -1.88. The highest BCUT2D eigenvalue weighted by Gasteiger charge is 2.17. The summed E-state index contributed by atoms with van der Waals surface area (Å²) in [5.41, 5.74) is 10.7. The Kier molecular flexibility index (Phi) is 3.32. The molecule has 0 aliphatic rings. The molecule has 3 nitrogen and oxygen atoms in total. The molecule has 1 aromatic heterocycles. The molecule has 20 heavy (non-hydrogen) atoms. The van der Waals surface area contributed by atoms with Crippen LogP contribution in [0.2, 0.25) is 0 Å². The smallest absolute Gasteiger partial charge is 0.230 e. The molecular weight excluding hydrogens is 316 g/mol. The standard InChI is InChI=1S/C16H13BrN2O/c1-10-5-7-11(8-6-10)14-15(19-20-16(14)18)12-3-2-4-13(17)9-12/h2-9H,18H2,1H3. The molecule has 4 heteroatoms. The Bertz CT molecular complexity index is 747. The molecule has 3 rings (SSSR count). The van der Waals surface area contributed by atoms with E-state index in [1.165, 1.54) is 5.56 Å². The number of nitrogens with zero attached hydrogens (tertiary/aromatic N) is 1. The monoisotopic (exact) mass is 328 g/mol. The molecule has 0 aliphatic carbocycles. The van der Waals surface area contributed by atoms with Crippen molar-refractivity contribution in [2.75, 3.05) is 5.73 Å². The van der Waals surface area contributed by atoms with Crippen LogP contribution in [0, 0.1) is 6.92 Å². The predicted molar refractivity (Wildman–Crippen MR) is 84.2 cm³/mol. The van der Waals surface area contributed by atoms with Crippen LogP contribution in [-0.2, 0) is 0 Å². The lowest BCUT2D eigenvalue weighted by atomic mass is 10.0. The molecule has 1 heterocycles. The number of nitrogens with two attached hydrogens (primary N) is 1. The van der Waals surface area contributed by atoms with Crippen LogP contribution >= 0.6 is 15.9 Å². The summed E-state index contributed by atoms with van der Waals surface area (Å²) in [7, 11) is 0. The van der Waals surface area contributed by atoms with Gasteiger partial charge in [-0.2, -0.15) is 0 Å². The van der Waals surface area contributed by atoms with E-state index in [2.05, 4.69) is 28.0 Å². The molecule has 2 aromatic carbocycles. The maximum absolute atomic E-state index is 5.95. The van der Waals surface area contributed by atoms with Gasteiger partial charge in [-0.05, 0) is 24.6 Å². The van der Waals surface area contributed by atoms with E-state index in [1.54, 1.807) is 0 Å². The van der Waals surface area contributed by atoms with Crippen LogP contribution < -0.4 is 5.73 Å². The average Bonchev–Trinajstić information content (AvgIpc) is 2.82. The first kappa shape index (κ1) is 12.9. The molecule has 0 unspecified atom stereocenters. The van der Waals surface area contributed by atoms with Gasteiger partial charge < -0.3 is 10.3 Å². The number of aryl methyl sites for hydroxylation is 1.